The number of aromatic hydroxyl groups is 1. The second kappa shape index (κ2) is 19.7. The molecule has 0 spiro atoms. The van der Waals surface area contributed by atoms with Crippen molar-refractivity contribution in [3.63, 3.8) is 0 Å². The lowest BCUT2D eigenvalue weighted by molar-refractivity contribution is -0.133. The molecule has 0 aliphatic carbocycles. The molecule has 0 saturated carbocycles. The standard InChI is InChI=1S/C33H51N9O5/c1-20-16-23(43)17-21(2)24(20)19-28(42-30(45)25(35)12-9-15-39-33(37)38-3)32(47)40-26(13-7-8-14-34)31(46)41-27(29(36)44)18-22-10-5-4-6-11-22/h4-6,10-11,16-17,25-28,43H,7-9,12-15,18-19,34-35H2,1-3H3,(H2,36,44)(H,40,47)(H,41,46)(H,42,45)(H3,37,38,39)/t25-,26+,27+,28+/m1/s1. The Bertz CT molecular complexity index is 1350. The highest BCUT2D eigenvalue weighted by molar-refractivity contribution is 5.94. The van der Waals surface area contributed by atoms with Gasteiger partial charge in [-0.2, -0.15) is 0 Å². The van der Waals surface area contributed by atoms with Crippen LogP contribution in [0.4, 0.5) is 0 Å². The van der Waals surface area contributed by atoms with E-state index in [9.17, 15) is 24.3 Å². The summed E-state index contributed by atoms with van der Waals surface area (Å²) in [4.78, 5) is 56.7. The quantitative estimate of drug-likeness (QED) is 0.0538. The van der Waals surface area contributed by atoms with Crippen LogP contribution in [0.25, 0.3) is 0 Å². The topological polar surface area (TPSA) is 253 Å². The molecule has 2 rings (SSSR count). The zero-order valence-corrected chi connectivity index (χ0v) is 27.6. The van der Waals surface area contributed by atoms with E-state index in [1.807, 2.05) is 30.3 Å². The van der Waals surface area contributed by atoms with Crippen LogP contribution >= 0.6 is 0 Å². The molecule has 0 aliphatic heterocycles. The van der Waals surface area contributed by atoms with Gasteiger partial charge in [-0.15, -0.1) is 0 Å². The van der Waals surface area contributed by atoms with Gasteiger partial charge >= 0.3 is 0 Å². The van der Waals surface area contributed by atoms with Gasteiger partial charge < -0.3 is 49.3 Å². The fraction of sp³-hybridized carbons (Fsp3) is 0.485. The van der Waals surface area contributed by atoms with Crippen molar-refractivity contribution in [2.45, 2.75) is 83.0 Å². The Hall–Kier alpha value is -4.69. The number of phenolic OH excluding ortho intramolecular Hbond substituents is 1. The van der Waals surface area contributed by atoms with Gasteiger partial charge in [0, 0.05) is 26.4 Å². The largest absolute Gasteiger partial charge is 0.508 e. The summed E-state index contributed by atoms with van der Waals surface area (Å²) >= 11 is 0. The Morgan fingerprint density at radius 3 is 2.00 bits per heavy atom. The summed E-state index contributed by atoms with van der Waals surface area (Å²) in [6.07, 6.45) is 2.44. The summed E-state index contributed by atoms with van der Waals surface area (Å²) in [7, 11) is 1.55. The number of benzene rings is 2. The molecule has 4 amide bonds. The molecule has 0 bridgehead atoms. The molecular weight excluding hydrogens is 602 g/mol. The molecule has 258 valence electrons. The van der Waals surface area contributed by atoms with E-state index in [1.54, 1.807) is 33.0 Å². The average molecular weight is 654 g/mol. The summed E-state index contributed by atoms with van der Waals surface area (Å²) in [5.41, 5.74) is 26.1. The van der Waals surface area contributed by atoms with Crippen molar-refractivity contribution in [2.75, 3.05) is 20.1 Å². The molecule has 2 aromatic rings. The van der Waals surface area contributed by atoms with Gasteiger partial charge in [0.05, 0.1) is 6.04 Å². The number of amides is 4. The number of nitrogens with two attached hydrogens (primary N) is 4. The van der Waals surface area contributed by atoms with Crippen LogP contribution in [-0.2, 0) is 32.0 Å². The number of hydrogen-bond acceptors (Lipinski definition) is 8. The zero-order chi connectivity index (χ0) is 34.9. The second-order valence-corrected chi connectivity index (χ2v) is 11.6. The van der Waals surface area contributed by atoms with Crippen LogP contribution in [0.15, 0.2) is 47.5 Å². The molecule has 14 nitrogen and oxygen atoms in total. The van der Waals surface area contributed by atoms with Crippen LogP contribution < -0.4 is 44.2 Å². The number of guanidine groups is 1. The molecule has 0 aliphatic rings. The van der Waals surface area contributed by atoms with Crippen molar-refractivity contribution >= 4 is 29.6 Å². The molecule has 13 N–H and O–H groups in total. The van der Waals surface area contributed by atoms with Gasteiger partial charge in [-0.3, -0.25) is 24.2 Å². The highest BCUT2D eigenvalue weighted by atomic mass is 16.3. The fourth-order valence-electron chi connectivity index (χ4n) is 5.11. The lowest BCUT2D eigenvalue weighted by Crippen LogP contribution is -2.58. The third-order valence-electron chi connectivity index (χ3n) is 7.82. The van der Waals surface area contributed by atoms with Crippen molar-refractivity contribution in [3.05, 3.63) is 64.7 Å². The Morgan fingerprint density at radius 1 is 0.809 bits per heavy atom. The van der Waals surface area contributed by atoms with E-state index in [2.05, 4.69) is 26.3 Å². The molecule has 0 radical (unpaired) electrons. The molecule has 47 heavy (non-hydrogen) atoms. The summed E-state index contributed by atoms with van der Waals surface area (Å²) in [6, 6.07) is 8.16. The zero-order valence-electron chi connectivity index (χ0n) is 27.6. The Labute approximate surface area is 276 Å². The van der Waals surface area contributed by atoms with E-state index in [0.717, 1.165) is 22.3 Å². The second-order valence-electron chi connectivity index (χ2n) is 11.6. The van der Waals surface area contributed by atoms with Crippen molar-refractivity contribution in [1.82, 2.24) is 21.3 Å². The number of aliphatic imine (C=N–C) groups is 1. The number of carbonyl (C=O) groups excluding carboxylic acids is 4. The normalized spacial score (nSPS) is 13.9. The fourth-order valence-corrected chi connectivity index (χ4v) is 5.11. The molecule has 0 aromatic heterocycles. The Kier molecular flexibility index (Phi) is 16.2. The number of nitrogens with one attached hydrogen (secondary N) is 4. The number of hydrogen-bond donors (Lipinski definition) is 9. The Morgan fingerprint density at radius 2 is 1.40 bits per heavy atom. The predicted octanol–water partition coefficient (Wildman–Crippen LogP) is -0.495. The number of nitrogens with zero attached hydrogens (tertiary/aromatic N) is 1. The SMILES string of the molecule is CN=C(N)NCCC[C@@H](N)C(=O)N[C@@H](Cc1c(C)cc(O)cc1C)C(=O)N[C@@H](CCCCN)C(=O)N[C@@H](Cc1ccccc1)C(N)=O. The first-order valence-corrected chi connectivity index (χ1v) is 15.8. The van der Waals surface area contributed by atoms with E-state index in [0.29, 0.717) is 38.8 Å². The van der Waals surface area contributed by atoms with Crippen LogP contribution in [0.5, 0.6) is 5.75 Å². The first-order valence-electron chi connectivity index (χ1n) is 15.8. The summed E-state index contributed by atoms with van der Waals surface area (Å²) in [5.74, 6) is -2.11. The predicted molar refractivity (Wildman–Crippen MR) is 182 cm³/mol. The van der Waals surface area contributed by atoms with E-state index >= 15 is 0 Å². The maximum absolute atomic E-state index is 13.9. The third kappa shape index (κ3) is 13.3. The third-order valence-corrected chi connectivity index (χ3v) is 7.82. The van der Waals surface area contributed by atoms with Gasteiger partial charge in [0.1, 0.15) is 23.9 Å². The average Bonchev–Trinajstić information content (AvgIpc) is 3.03. The van der Waals surface area contributed by atoms with Crippen molar-refractivity contribution in [2.24, 2.45) is 27.9 Å². The summed E-state index contributed by atoms with van der Waals surface area (Å²) in [5, 5.41) is 21.2. The van der Waals surface area contributed by atoms with Gasteiger partial charge in [0.2, 0.25) is 23.6 Å². The highest BCUT2D eigenvalue weighted by Crippen LogP contribution is 2.22. The Balaban J connectivity index is 2.28. The lowest BCUT2D eigenvalue weighted by Gasteiger charge is -2.26. The maximum atomic E-state index is 13.9. The van der Waals surface area contributed by atoms with Crippen molar-refractivity contribution < 1.29 is 24.3 Å². The first-order chi connectivity index (χ1) is 22.4. The maximum Gasteiger partial charge on any atom is 0.243 e. The number of primary amides is 1. The lowest BCUT2D eigenvalue weighted by atomic mass is 9.95. The number of rotatable bonds is 19. The molecule has 0 saturated heterocycles. The van der Waals surface area contributed by atoms with Crippen LogP contribution in [0.2, 0.25) is 0 Å². The molecule has 0 fully saturated rings. The molecule has 14 heteroatoms. The van der Waals surface area contributed by atoms with Gasteiger partial charge in [-0.1, -0.05) is 30.3 Å². The molecule has 4 atom stereocenters. The number of phenols is 1. The summed E-state index contributed by atoms with van der Waals surface area (Å²) in [6.45, 7) is 4.44. The van der Waals surface area contributed by atoms with E-state index in [1.165, 1.54) is 0 Å². The van der Waals surface area contributed by atoms with Crippen LogP contribution in [0.1, 0.15) is 54.4 Å². The minimum Gasteiger partial charge on any atom is -0.508 e. The van der Waals surface area contributed by atoms with Crippen molar-refractivity contribution in [1.29, 1.82) is 0 Å². The van der Waals surface area contributed by atoms with E-state index in [-0.39, 0.29) is 31.0 Å². The minimum atomic E-state index is -1.11. The monoisotopic (exact) mass is 653 g/mol. The smallest absolute Gasteiger partial charge is 0.243 e. The molecule has 2 aromatic carbocycles. The van der Waals surface area contributed by atoms with Gasteiger partial charge in [-0.25, -0.2) is 0 Å². The molecular formula is C33H51N9O5. The van der Waals surface area contributed by atoms with E-state index < -0.39 is 47.8 Å². The van der Waals surface area contributed by atoms with Gasteiger partial charge in [0.25, 0.3) is 0 Å². The number of aryl methyl sites for hydroxylation is 2. The minimum absolute atomic E-state index is 0.0718. The van der Waals surface area contributed by atoms with Gasteiger partial charge in [0.15, 0.2) is 5.96 Å². The summed E-state index contributed by atoms with van der Waals surface area (Å²) < 4.78 is 0. The van der Waals surface area contributed by atoms with E-state index in [4.69, 9.17) is 22.9 Å². The molecule has 0 unspecified atom stereocenters. The van der Waals surface area contributed by atoms with Crippen LogP contribution in [0.3, 0.4) is 0 Å². The number of unbranched alkanes of at least 4 members (excludes halogenated alkanes) is 1. The first kappa shape index (κ1) is 38.5. The van der Waals surface area contributed by atoms with Crippen LogP contribution in [-0.4, -0.2) is 79.0 Å². The number of carbonyl (C=O) groups is 4. The van der Waals surface area contributed by atoms with Gasteiger partial charge in [-0.05, 0) is 86.9 Å². The van der Waals surface area contributed by atoms with Crippen molar-refractivity contribution in [3.8, 4) is 5.75 Å². The van der Waals surface area contributed by atoms with Crippen LogP contribution in [0, 0.1) is 13.8 Å². The molecule has 0 heterocycles. The highest BCUT2D eigenvalue weighted by Gasteiger charge is 2.30.